The van der Waals surface area contributed by atoms with E-state index in [0.717, 1.165) is 29.1 Å². The molecule has 1 aromatic heterocycles. The van der Waals surface area contributed by atoms with Gasteiger partial charge in [0.1, 0.15) is 5.82 Å². The average molecular weight is 419 g/mol. The van der Waals surface area contributed by atoms with Gasteiger partial charge in [0.15, 0.2) is 0 Å². The highest BCUT2D eigenvalue weighted by Crippen LogP contribution is 2.38. The van der Waals surface area contributed by atoms with Crippen LogP contribution in [0.25, 0.3) is 5.69 Å². The Kier molecular flexibility index (Phi) is 5.29. The van der Waals surface area contributed by atoms with Gasteiger partial charge < -0.3 is 9.40 Å². The van der Waals surface area contributed by atoms with E-state index in [2.05, 4.69) is 68.6 Å². The third kappa shape index (κ3) is 4.18. The highest BCUT2D eigenvalue weighted by Gasteiger charge is 2.34. The summed E-state index contributed by atoms with van der Waals surface area (Å²) in [4.78, 5) is 17.6. The van der Waals surface area contributed by atoms with Crippen molar-refractivity contribution in [3.63, 3.8) is 0 Å². The van der Waals surface area contributed by atoms with E-state index >= 15 is 0 Å². The van der Waals surface area contributed by atoms with Crippen LogP contribution >= 0.6 is 0 Å². The number of carbonyl (C=O) groups is 1. The molecular formula is C26H27FN2O2. The molecule has 0 unspecified atom stereocenters. The first-order chi connectivity index (χ1) is 14.6. The maximum atomic E-state index is 13.1. The largest absolute Gasteiger partial charge is 0.365 e. The first kappa shape index (κ1) is 21.0. The Balaban J connectivity index is 1.72. The molecule has 3 aromatic rings. The first-order valence-electron chi connectivity index (χ1n) is 10.5. The van der Waals surface area contributed by atoms with Gasteiger partial charge in [-0.25, -0.2) is 9.18 Å². The molecule has 1 aliphatic rings. The zero-order chi connectivity index (χ0) is 22.3. The molecule has 4 nitrogen and oxygen atoms in total. The number of halogens is 1. The molecule has 4 rings (SSSR count). The lowest BCUT2D eigenvalue weighted by Crippen LogP contribution is -2.28. The number of aryl methyl sites for hydroxylation is 3. The molecule has 160 valence electrons. The van der Waals surface area contributed by atoms with E-state index < -0.39 is 11.8 Å². The van der Waals surface area contributed by atoms with Crippen molar-refractivity contribution in [2.45, 2.75) is 47.5 Å². The lowest BCUT2D eigenvalue weighted by atomic mass is 9.76. The van der Waals surface area contributed by atoms with E-state index in [4.69, 9.17) is 4.84 Å². The summed E-state index contributed by atoms with van der Waals surface area (Å²) >= 11 is 0. The summed E-state index contributed by atoms with van der Waals surface area (Å²) in [5.74, 6) is -0.993. The molecule has 0 spiro atoms. The van der Waals surface area contributed by atoms with Gasteiger partial charge in [0.25, 0.3) is 0 Å². The summed E-state index contributed by atoms with van der Waals surface area (Å²) in [5.41, 5.74) is 7.93. The van der Waals surface area contributed by atoms with Crippen LogP contribution in [0.1, 0.15) is 58.7 Å². The number of aromatic nitrogens is 1. The van der Waals surface area contributed by atoms with Crippen LogP contribution in [0.4, 0.5) is 4.39 Å². The molecule has 0 saturated heterocycles. The molecule has 0 fully saturated rings. The van der Waals surface area contributed by atoms with E-state index in [0.29, 0.717) is 6.42 Å². The molecule has 1 heterocycles. The van der Waals surface area contributed by atoms with Crippen molar-refractivity contribution in [2.75, 3.05) is 0 Å². The summed E-state index contributed by atoms with van der Waals surface area (Å²) in [6.45, 7) is 10.7. The van der Waals surface area contributed by atoms with E-state index in [9.17, 15) is 9.18 Å². The van der Waals surface area contributed by atoms with Crippen molar-refractivity contribution in [1.82, 2.24) is 4.57 Å². The standard InChI is InChI=1S/C26H27FN2O2/c1-16-6-11-21(12-17(16)2)29-18(3)13-22-23(14-26(4,5)15-24(22)29)28-31-25(30)19-7-9-20(27)10-8-19/h6-13H,14-15H2,1-5H3/b28-23+. The van der Waals surface area contributed by atoms with E-state index in [-0.39, 0.29) is 11.0 Å². The summed E-state index contributed by atoms with van der Waals surface area (Å²) in [5, 5.41) is 4.26. The van der Waals surface area contributed by atoms with Crippen LogP contribution in [0.5, 0.6) is 0 Å². The van der Waals surface area contributed by atoms with Crippen LogP contribution in [-0.2, 0) is 11.3 Å². The van der Waals surface area contributed by atoms with Crippen molar-refractivity contribution in [3.05, 3.63) is 88.0 Å². The number of hydrogen-bond acceptors (Lipinski definition) is 3. The number of rotatable bonds is 3. The van der Waals surface area contributed by atoms with Gasteiger partial charge in [-0.3, -0.25) is 0 Å². The van der Waals surface area contributed by atoms with Gasteiger partial charge in [-0.05, 0) is 92.6 Å². The van der Waals surface area contributed by atoms with Gasteiger partial charge in [-0.1, -0.05) is 25.1 Å². The summed E-state index contributed by atoms with van der Waals surface area (Å²) in [6, 6.07) is 13.9. The zero-order valence-electron chi connectivity index (χ0n) is 18.6. The average Bonchev–Trinajstić information content (AvgIpc) is 3.03. The molecule has 1 aliphatic carbocycles. The first-order valence-corrected chi connectivity index (χ1v) is 10.5. The second-order valence-electron chi connectivity index (χ2n) is 9.19. The molecule has 0 N–H and O–H groups in total. The molecule has 0 saturated carbocycles. The lowest BCUT2D eigenvalue weighted by Gasteiger charge is -2.31. The Hall–Kier alpha value is -3.21. The van der Waals surface area contributed by atoms with E-state index in [1.54, 1.807) is 0 Å². The van der Waals surface area contributed by atoms with Gasteiger partial charge in [-0.2, -0.15) is 0 Å². The van der Waals surface area contributed by atoms with Crippen molar-refractivity contribution < 1.29 is 14.0 Å². The predicted molar refractivity (Wildman–Crippen MR) is 120 cm³/mol. The fraction of sp³-hybridized carbons (Fsp3) is 0.308. The van der Waals surface area contributed by atoms with Crippen LogP contribution < -0.4 is 0 Å². The molecule has 0 atom stereocenters. The van der Waals surface area contributed by atoms with Gasteiger partial charge in [0.2, 0.25) is 0 Å². The smallest absolute Gasteiger partial charge is 0.318 e. The number of nitrogens with zero attached hydrogens (tertiary/aromatic N) is 2. The van der Waals surface area contributed by atoms with Gasteiger partial charge in [0.05, 0.1) is 11.3 Å². The Morgan fingerprint density at radius 3 is 2.39 bits per heavy atom. The van der Waals surface area contributed by atoms with Crippen LogP contribution in [0.2, 0.25) is 0 Å². The fourth-order valence-corrected chi connectivity index (χ4v) is 4.22. The Bertz CT molecular complexity index is 1190. The van der Waals surface area contributed by atoms with E-state index in [1.165, 1.54) is 41.1 Å². The maximum Gasteiger partial charge on any atom is 0.365 e. The Labute approximate surface area is 182 Å². The number of benzene rings is 2. The summed E-state index contributed by atoms with van der Waals surface area (Å²) < 4.78 is 15.4. The summed E-state index contributed by atoms with van der Waals surface area (Å²) in [7, 11) is 0. The molecule has 0 radical (unpaired) electrons. The number of oxime groups is 1. The molecule has 0 bridgehead atoms. The molecule has 31 heavy (non-hydrogen) atoms. The van der Waals surface area contributed by atoms with E-state index in [1.807, 2.05) is 0 Å². The third-order valence-corrected chi connectivity index (χ3v) is 5.96. The Morgan fingerprint density at radius 1 is 1.00 bits per heavy atom. The predicted octanol–water partition coefficient (Wildman–Crippen LogP) is 6.08. The number of hydrogen-bond donors (Lipinski definition) is 0. The van der Waals surface area contributed by atoms with Crippen molar-refractivity contribution in [1.29, 1.82) is 0 Å². The quantitative estimate of drug-likeness (QED) is 0.382. The number of fused-ring (bicyclic) bond motifs is 1. The molecule has 0 aliphatic heterocycles. The second kappa shape index (κ2) is 7.80. The second-order valence-corrected chi connectivity index (χ2v) is 9.19. The fourth-order valence-electron chi connectivity index (χ4n) is 4.22. The minimum Gasteiger partial charge on any atom is -0.318 e. The van der Waals surface area contributed by atoms with Gasteiger partial charge in [0, 0.05) is 22.6 Å². The van der Waals surface area contributed by atoms with Crippen LogP contribution in [-0.4, -0.2) is 16.2 Å². The lowest BCUT2D eigenvalue weighted by molar-refractivity contribution is 0.0514. The SMILES string of the molecule is Cc1ccc(-n2c(C)cc3c2CC(C)(C)C/C3=N\OC(=O)c2ccc(F)cc2)cc1C. The van der Waals surface area contributed by atoms with Crippen molar-refractivity contribution >= 4 is 11.7 Å². The molecule has 0 amide bonds. The van der Waals surface area contributed by atoms with Crippen molar-refractivity contribution in [3.8, 4) is 5.69 Å². The minimum atomic E-state index is -0.595. The Morgan fingerprint density at radius 2 is 1.71 bits per heavy atom. The van der Waals surface area contributed by atoms with Gasteiger partial charge >= 0.3 is 5.97 Å². The monoisotopic (exact) mass is 418 g/mol. The zero-order valence-corrected chi connectivity index (χ0v) is 18.6. The molecule has 2 aromatic carbocycles. The highest BCUT2D eigenvalue weighted by atomic mass is 19.1. The topological polar surface area (TPSA) is 43.6 Å². The van der Waals surface area contributed by atoms with Crippen molar-refractivity contribution in [2.24, 2.45) is 10.6 Å². The summed E-state index contributed by atoms with van der Waals surface area (Å²) in [6.07, 6.45) is 1.60. The normalized spacial score (nSPS) is 16.3. The van der Waals surface area contributed by atoms with Crippen LogP contribution in [0.3, 0.4) is 0 Å². The van der Waals surface area contributed by atoms with Crippen LogP contribution in [0, 0.1) is 32.0 Å². The number of carbonyl (C=O) groups excluding carboxylic acids is 1. The maximum absolute atomic E-state index is 13.1. The highest BCUT2D eigenvalue weighted by molar-refractivity contribution is 6.03. The molecular weight excluding hydrogens is 391 g/mol. The molecule has 5 heteroatoms. The van der Waals surface area contributed by atoms with Crippen LogP contribution in [0.15, 0.2) is 53.7 Å². The van der Waals surface area contributed by atoms with Gasteiger partial charge in [-0.15, -0.1) is 0 Å². The third-order valence-electron chi connectivity index (χ3n) is 5.96. The minimum absolute atomic E-state index is 0.0313.